The number of aryl methyl sites for hydroxylation is 1. The highest BCUT2D eigenvalue weighted by Crippen LogP contribution is 2.15. The number of morpholine rings is 1. The zero-order chi connectivity index (χ0) is 20.9. The lowest BCUT2D eigenvalue weighted by atomic mass is 10.1. The molecular formula is C22H23N3O5. The lowest BCUT2D eigenvalue weighted by molar-refractivity contribution is -0.116. The first-order valence-corrected chi connectivity index (χ1v) is 9.97. The van der Waals surface area contributed by atoms with E-state index in [4.69, 9.17) is 9.15 Å². The summed E-state index contributed by atoms with van der Waals surface area (Å²) >= 11 is 0. The van der Waals surface area contributed by atoms with Gasteiger partial charge in [-0.05, 0) is 36.8 Å². The van der Waals surface area contributed by atoms with Crippen molar-refractivity contribution in [2.24, 2.45) is 0 Å². The van der Waals surface area contributed by atoms with Gasteiger partial charge in [0.05, 0.1) is 18.7 Å². The van der Waals surface area contributed by atoms with Crippen molar-refractivity contribution in [3.05, 3.63) is 64.6 Å². The molecule has 4 rings (SSSR count). The molecule has 1 N–H and O–H groups in total. The number of oxazole rings is 1. The predicted molar refractivity (Wildman–Crippen MR) is 112 cm³/mol. The van der Waals surface area contributed by atoms with Crippen LogP contribution in [-0.2, 0) is 16.1 Å². The van der Waals surface area contributed by atoms with E-state index in [1.54, 1.807) is 41.3 Å². The molecular weight excluding hydrogens is 386 g/mol. The number of nitrogens with zero attached hydrogens (tertiary/aromatic N) is 2. The molecule has 8 heteroatoms. The van der Waals surface area contributed by atoms with Crippen LogP contribution in [0, 0.1) is 0 Å². The van der Waals surface area contributed by atoms with Gasteiger partial charge in [-0.1, -0.05) is 18.2 Å². The number of anilines is 1. The number of hydrogen-bond donors (Lipinski definition) is 1. The highest BCUT2D eigenvalue weighted by atomic mass is 16.5. The van der Waals surface area contributed by atoms with Gasteiger partial charge >= 0.3 is 5.76 Å². The Kier molecular flexibility index (Phi) is 5.94. The number of hydrogen-bond acceptors (Lipinski definition) is 5. The van der Waals surface area contributed by atoms with Crippen LogP contribution in [0.15, 0.2) is 57.7 Å². The fraction of sp³-hybridized carbons (Fsp3) is 0.318. The third-order valence-electron chi connectivity index (χ3n) is 5.05. The molecule has 1 saturated heterocycles. The molecule has 0 unspecified atom stereocenters. The largest absolute Gasteiger partial charge is 0.419 e. The molecule has 0 spiro atoms. The first-order valence-electron chi connectivity index (χ1n) is 9.97. The Bertz CT molecular complexity index is 1110. The Morgan fingerprint density at radius 2 is 1.83 bits per heavy atom. The van der Waals surface area contributed by atoms with Crippen LogP contribution in [0.1, 0.15) is 23.2 Å². The van der Waals surface area contributed by atoms with E-state index in [-0.39, 0.29) is 18.2 Å². The van der Waals surface area contributed by atoms with Gasteiger partial charge in [0.2, 0.25) is 5.91 Å². The van der Waals surface area contributed by atoms with E-state index in [1.165, 1.54) is 4.57 Å². The molecule has 8 nitrogen and oxygen atoms in total. The maximum Gasteiger partial charge on any atom is 0.419 e. The molecule has 1 aliphatic heterocycles. The minimum Gasteiger partial charge on any atom is -0.408 e. The van der Waals surface area contributed by atoms with Gasteiger partial charge in [-0.15, -0.1) is 0 Å². The van der Waals surface area contributed by atoms with Crippen molar-refractivity contribution < 1.29 is 18.7 Å². The van der Waals surface area contributed by atoms with Gasteiger partial charge < -0.3 is 19.4 Å². The molecule has 2 amide bonds. The summed E-state index contributed by atoms with van der Waals surface area (Å²) in [5, 5.41) is 2.83. The summed E-state index contributed by atoms with van der Waals surface area (Å²) in [7, 11) is 0. The Morgan fingerprint density at radius 1 is 1.03 bits per heavy atom. The van der Waals surface area contributed by atoms with E-state index in [0.717, 1.165) is 5.52 Å². The highest BCUT2D eigenvalue weighted by molar-refractivity contribution is 5.97. The fourth-order valence-corrected chi connectivity index (χ4v) is 3.53. The van der Waals surface area contributed by atoms with Crippen molar-refractivity contribution in [2.75, 3.05) is 31.6 Å². The summed E-state index contributed by atoms with van der Waals surface area (Å²) in [5.74, 6) is -0.668. The maximum absolute atomic E-state index is 12.6. The standard InChI is InChI=1S/C22H23N3O5/c26-20(9-4-10-25-18-7-1-2-8-19(18)30-22(25)28)23-17-6-3-5-16(15-17)21(27)24-11-13-29-14-12-24/h1-3,5-8,15H,4,9-14H2,(H,23,26). The number of amides is 2. The first-order chi connectivity index (χ1) is 14.6. The number of ether oxygens (including phenoxy) is 1. The molecule has 0 atom stereocenters. The number of nitrogens with one attached hydrogen (secondary N) is 1. The summed E-state index contributed by atoms with van der Waals surface area (Å²) in [6.45, 7) is 2.60. The predicted octanol–water partition coefficient (Wildman–Crippen LogP) is 2.49. The molecule has 1 fully saturated rings. The number of fused-ring (bicyclic) bond motifs is 1. The SMILES string of the molecule is O=C(CCCn1c(=O)oc2ccccc21)Nc1cccc(C(=O)N2CCOCC2)c1. The Labute approximate surface area is 173 Å². The number of carbonyl (C=O) groups is 2. The summed E-state index contributed by atoms with van der Waals surface area (Å²) in [5.41, 5.74) is 2.36. The van der Waals surface area contributed by atoms with Crippen molar-refractivity contribution in [3.8, 4) is 0 Å². The van der Waals surface area contributed by atoms with Crippen LogP contribution in [0.5, 0.6) is 0 Å². The van der Waals surface area contributed by atoms with Crippen molar-refractivity contribution in [1.82, 2.24) is 9.47 Å². The molecule has 0 saturated carbocycles. The molecule has 2 aromatic carbocycles. The lowest BCUT2D eigenvalue weighted by Gasteiger charge is -2.27. The van der Waals surface area contributed by atoms with Crippen LogP contribution in [0.3, 0.4) is 0 Å². The topological polar surface area (TPSA) is 93.8 Å². The number of rotatable bonds is 6. The van der Waals surface area contributed by atoms with E-state index < -0.39 is 5.76 Å². The molecule has 0 aliphatic carbocycles. The monoisotopic (exact) mass is 409 g/mol. The molecule has 0 radical (unpaired) electrons. The number of benzene rings is 2. The van der Waals surface area contributed by atoms with Gasteiger partial charge in [0.1, 0.15) is 0 Å². The zero-order valence-electron chi connectivity index (χ0n) is 16.5. The first kappa shape index (κ1) is 19.9. The van der Waals surface area contributed by atoms with Gasteiger partial charge in [0, 0.05) is 37.3 Å². The summed E-state index contributed by atoms with van der Waals surface area (Å²) in [6.07, 6.45) is 0.731. The van der Waals surface area contributed by atoms with E-state index >= 15 is 0 Å². The molecule has 3 aromatic rings. The number of para-hydroxylation sites is 2. The zero-order valence-corrected chi connectivity index (χ0v) is 16.5. The average molecular weight is 409 g/mol. The Balaban J connectivity index is 1.33. The maximum atomic E-state index is 12.6. The van der Waals surface area contributed by atoms with Crippen molar-refractivity contribution in [2.45, 2.75) is 19.4 Å². The normalized spacial score (nSPS) is 14.1. The quantitative estimate of drug-likeness (QED) is 0.675. The van der Waals surface area contributed by atoms with E-state index in [0.29, 0.717) is 56.1 Å². The van der Waals surface area contributed by atoms with Gasteiger partial charge in [-0.3, -0.25) is 14.2 Å². The van der Waals surface area contributed by atoms with E-state index in [9.17, 15) is 14.4 Å². The van der Waals surface area contributed by atoms with Crippen LogP contribution in [-0.4, -0.2) is 47.6 Å². The molecule has 1 aromatic heterocycles. The number of carbonyl (C=O) groups excluding carboxylic acids is 2. The summed E-state index contributed by atoms with van der Waals surface area (Å²) in [6, 6.07) is 14.1. The smallest absolute Gasteiger partial charge is 0.408 e. The molecule has 1 aliphatic rings. The van der Waals surface area contributed by atoms with Gasteiger partial charge in [0.25, 0.3) is 5.91 Å². The Morgan fingerprint density at radius 3 is 2.67 bits per heavy atom. The third kappa shape index (κ3) is 4.44. The molecule has 2 heterocycles. The second-order valence-corrected chi connectivity index (χ2v) is 7.12. The summed E-state index contributed by atoms with van der Waals surface area (Å²) in [4.78, 5) is 38.7. The van der Waals surface area contributed by atoms with Crippen LogP contribution >= 0.6 is 0 Å². The number of aromatic nitrogens is 1. The van der Waals surface area contributed by atoms with Gasteiger partial charge in [0.15, 0.2) is 5.58 Å². The molecule has 30 heavy (non-hydrogen) atoms. The second-order valence-electron chi connectivity index (χ2n) is 7.12. The van der Waals surface area contributed by atoms with Crippen LogP contribution in [0.4, 0.5) is 5.69 Å². The van der Waals surface area contributed by atoms with Crippen LogP contribution in [0.25, 0.3) is 11.1 Å². The van der Waals surface area contributed by atoms with Crippen molar-refractivity contribution in [3.63, 3.8) is 0 Å². The fourth-order valence-electron chi connectivity index (χ4n) is 3.53. The van der Waals surface area contributed by atoms with Crippen molar-refractivity contribution in [1.29, 1.82) is 0 Å². The highest BCUT2D eigenvalue weighted by Gasteiger charge is 2.19. The lowest BCUT2D eigenvalue weighted by Crippen LogP contribution is -2.40. The minimum absolute atomic E-state index is 0.0689. The third-order valence-corrected chi connectivity index (χ3v) is 5.05. The van der Waals surface area contributed by atoms with Gasteiger partial charge in [-0.25, -0.2) is 4.79 Å². The second kappa shape index (κ2) is 8.96. The van der Waals surface area contributed by atoms with E-state index in [2.05, 4.69) is 5.32 Å². The van der Waals surface area contributed by atoms with Crippen LogP contribution < -0.4 is 11.1 Å². The van der Waals surface area contributed by atoms with Gasteiger partial charge in [-0.2, -0.15) is 0 Å². The summed E-state index contributed by atoms with van der Waals surface area (Å²) < 4.78 is 12.0. The van der Waals surface area contributed by atoms with E-state index in [1.807, 2.05) is 12.1 Å². The minimum atomic E-state index is -0.425. The Hall–Kier alpha value is -3.39. The van der Waals surface area contributed by atoms with Crippen molar-refractivity contribution >= 4 is 28.6 Å². The average Bonchev–Trinajstić information content (AvgIpc) is 3.09. The molecule has 156 valence electrons. The molecule has 0 bridgehead atoms. The van der Waals surface area contributed by atoms with Crippen LogP contribution in [0.2, 0.25) is 0 Å².